The summed E-state index contributed by atoms with van der Waals surface area (Å²) in [5, 5.41) is 0. The van der Waals surface area contributed by atoms with Crippen molar-refractivity contribution in [3.05, 3.63) is 35.7 Å². The smallest absolute Gasteiger partial charge is 0.0464 e. The summed E-state index contributed by atoms with van der Waals surface area (Å²) < 4.78 is 0. The van der Waals surface area contributed by atoms with Crippen LogP contribution in [0.15, 0.2) is 18.8 Å². The zero-order valence-electron chi connectivity index (χ0n) is 7.96. The molecule has 0 radical (unpaired) electrons. The summed E-state index contributed by atoms with van der Waals surface area (Å²) in [6.45, 7) is 10.2. The summed E-state index contributed by atoms with van der Waals surface area (Å²) in [6.07, 6.45) is 3.72. The van der Waals surface area contributed by atoms with Gasteiger partial charge in [0.05, 0.1) is 0 Å². The van der Waals surface area contributed by atoms with Crippen molar-refractivity contribution in [1.82, 2.24) is 4.98 Å². The average Bonchev–Trinajstić information content (AvgIpc) is 2.04. The highest BCUT2D eigenvalue weighted by Crippen LogP contribution is 2.19. The van der Waals surface area contributed by atoms with E-state index in [2.05, 4.69) is 32.3 Å². The van der Waals surface area contributed by atoms with Crippen LogP contribution in [0.5, 0.6) is 0 Å². The van der Waals surface area contributed by atoms with Gasteiger partial charge in [0.15, 0.2) is 0 Å². The van der Waals surface area contributed by atoms with Crippen molar-refractivity contribution in [2.24, 2.45) is 0 Å². The monoisotopic (exact) mass is 161 g/mol. The Labute approximate surface area is 74.2 Å². The number of nitrogens with zero attached hydrogens (tertiary/aromatic N) is 1. The van der Waals surface area contributed by atoms with E-state index in [0.29, 0.717) is 5.92 Å². The normalized spacial score (nSPS) is 10.3. The Morgan fingerprint density at radius 3 is 2.67 bits per heavy atom. The molecule has 64 valence electrons. The van der Waals surface area contributed by atoms with Gasteiger partial charge in [-0.2, -0.15) is 0 Å². The van der Waals surface area contributed by atoms with Gasteiger partial charge < -0.3 is 0 Å². The summed E-state index contributed by atoms with van der Waals surface area (Å²) in [7, 11) is 0. The van der Waals surface area contributed by atoms with Crippen molar-refractivity contribution in [3.63, 3.8) is 0 Å². The molecule has 0 aliphatic carbocycles. The van der Waals surface area contributed by atoms with Crippen LogP contribution in [-0.4, -0.2) is 4.98 Å². The van der Waals surface area contributed by atoms with E-state index in [1.807, 2.05) is 18.3 Å². The molecule has 0 saturated carbocycles. The lowest BCUT2D eigenvalue weighted by atomic mass is 10.0. The predicted molar refractivity (Wildman–Crippen MR) is 53.2 cm³/mol. The SMILES string of the molecule is C=Cc1ccnc(C(C)C)c1C. The fourth-order valence-corrected chi connectivity index (χ4v) is 1.37. The minimum atomic E-state index is 0.491. The molecule has 1 aromatic rings. The Morgan fingerprint density at radius 2 is 2.17 bits per heavy atom. The largest absolute Gasteiger partial charge is 0.261 e. The van der Waals surface area contributed by atoms with Gasteiger partial charge in [-0.05, 0) is 30.0 Å². The van der Waals surface area contributed by atoms with Crippen molar-refractivity contribution in [2.45, 2.75) is 26.7 Å². The van der Waals surface area contributed by atoms with E-state index < -0.39 is 0 Å². The van der Waals surface area contributed by atoms with E-state index in [4.69, 9.17) is 0 Å². The quantitative estimate of drug-likeness (QED) is 0.649. The summed E-state index contributed by atoms with van der Waals surface area (Å²) in [5.74, 6) is 0.491. The van der Waals surface area contributed by atoms with Crippen LogP contribution in [0.25, 0.3) is 6.08 Å². The van der Waals surface area contributed by atoms with Gasteiger partial charge in [0.1, 0.15) is 0 Å². The maximum Gasteiger partial charge on any atom is 0.0464 e. The van der Waals surface area contributed by atoms with Crippen LogP contribution in [-0.2, 0) is 0 Å². The standard InChI is InChI=1S/C11H15N/c1-5-10-6-7-12-11(8(2)3)9(10)4/h5-8H,1H2,2-4H3. The number of hydrogen-bond acceptors (Lipinski definition) is 1. The molecule has 0 atom stereocenters. The Balaban J connectivity index is 3.22. The first-order valence-electron chi connectivity index (χ1n) is 4.24. The molecule has 0 aliphatic rings. The number of hydrogen-bond donors (Lipinski definition) is 0. The number of rotatable bonds is 2. The zero-order chi connectivity index (χ0) is 9.14. The topological polar surface area (TPSA) is 12.9 Å². The van der Waals surface area contributed by atoms with Crippen LogP contribution in [0.2, 0.25) is 0 Å². The van der Waals surface area contributed by atoms with E-state index >= 15 is 0 Å². The molecule has 1 rings (SSSR count). The van der Waals surface area contributed by atoms with E-state index in [0.717, 1.165) is 0 Å². The highest BCUT2D eigenvalue weighted by Gasteiger charge is 2.05. The second-order valence-corrected chi connectivity index (χ2v) is 3.27. The lowest BCUT2D eigenvalue weighted by Gasteiger charge is -2.09. The van der Waals surface area contributed by atoms with Gasteiger partial charge in [-0.15, -0.1) is 0 Å². The lowest BCUT2D eigenvalue weighted by molar-refractivity contribution is 0.811. The molecule has 0 saturated heterocycles. The molecule has 0 unspecified atom stereocenters. The van der Waals surface area contributed by atoms with Gasteiger partial charge in [0.2, 0.25) is 0 Å². The Morgan fingerprint density at radius 1 is 1.50 bits per heavy atom. The van der Waals surface area contributed by atoms with Crippen molar-refractivity contribution >= 4 is 6.08 Å². The molecule has 12 heavy (non-hydrogen) atoms. The molecule has 1 heterocycles. The fourth-order valence-electron chi connectivity index (χ4n) is 1.37. The first-order chi connectivity index (χ1) is 5.66. The molecular weight excluding hydrogens is 146 g/mol. The third-order valence-corrected chi connectivity index (χ3v) is 2.05. The third kappa shape index (κ3) is 1.55. The van der Waals surface area contributed by atoms with E-state index in [9.17, 15) is 0 Å². The maximum absolute atomic E-state index is 4.34. The third-order valence-electron chi connectivity index (χ3n) is 2.05. The molecule has 0 aliphatic heterocycles. The molecule has 1 nitrogen and oxygen atoms in total. The Kier molecular flexibility index (Phi) is 2.64. The maximum atomic E-state index is 4.34. The van der Waals surface area contributed by atoms with Crippen LogP contribution >= 0.6 is 0 Å². The van der Waals surface area contributed by atoms with Crippen LogP contribution in [0.4, 0.5) is 0 Å². The van der Waals surface area contributed by atoms with Gasteiger partial charge in [0, 0.05) is 11.9 Å². The molecule has 1 aromatic heterocycles. The van der Waals surface area contributed by atoms with Gasteiger partial charge in [-0.3, -0.25) is 4.98 Å². The first-order valence-corrected chi connectivity index (χ1v) is 4.24. The van der Waals surface area contributed by atoms with Crippen molar-refractivity contribution < 1.29 is 0 Å². The van der Waals surface area contributed by atoms with E-state index in [1.165, 1.54) is 16.8 Å². The number of pyridine rings is 1. The van der Waals surface area contributed by atoms with Gasteiger partial charge in [-0.1, -0.05) is 26.5 Å². The Bertz CT molecular complexity index is 287. The predicted octanol–water partition coefficient (Wildman–Crippen LogP) is 3.16. The van der Waals surface area contributed by atoms with Gasteiger partial charge >= 0.3 is 0 Å². The van der Waals surface area contributed by atoms with Crippen LogP contribution in [0, 0.1) is 6.92 Å². The Hall–Kier alpha value is -1.11. The lowest BCUT2D eigenvalue weighted by Crippen LogP contribution is -1.97. The van der Waals surface area contributed by atoms with E-state index in [-0.39, 0.29) is 0 Å². The molecule has 0 fully saturated rings. The highest BCUT2D eigenvalue weighted by atomic mass is 14.7. The van der Waals surface area contributed by atoms with Crippen LogP contribution in [0.1, 0.15) is 36.6 Å². The molecule has 0 spiro atoms. The van der Waals surface area contributed by atoms with Crippen LogP contribution < -0.4 is 0 Å². The highest BCUT2D eigenvalue weighted by molar-refractivity contribution is 5.52. The first kappa shape index (κ1) is 8.98. The zero-order valence-corrected chi connectivity index (χ0v) is 7.96. The minimum Gasteiger partial charge on any atom is -0.261 e. The summed E-state index contributed by atoms with van der Waals surface area (Å²) in [5.41, 5.74) is 3.61. The minimum absolute atomic E-state index is 0.491. The molecule has 0 bridgehead atoms. The molecular formula is C11H15N. The summed E-state index contributed by atoms with van der Waals surface area (Å²) in [4.78, 5) is 4.34. The molecule has 1 heteroatoms. The van der Waals surface area contributed by atoms with Crippen molar-refractivity contribution in [1.29, 1.82) is 0 Å². The summed E-state index contributed by atoms with van der Waals surface area (Å²) >= 11 is 0. The fraction of sp³-hybridized carbons (Fsp3) is 0.364. The average molecular weight is 161 g/mol. The second kappa shape index (κ2) is 3.53. The molecule has 0 aromatic carbocycles. The molecule has 0 amide bonds. The van der Waals surface area contributed by atoms with E-state index in [1.54, 1.807) is 0 Å². The molecule has 0 N–H and O–H groups in total. The summed E-state index contributed by atoms with van der Waals surface area (Å²) in [6, 6.07) is 1.99. The van der Waals surface area contributed by atoms with Gasteiger partial charge in [-0.25, -0.2) is 0 Å². The van der Waals surface area contributed by atoms with Gasteiger partial charge in [0.25, 0.3) is 0 Å². The van der Waals surface area contributed by atoms with Crippen molar-refractivity contribution in [3.8, 4) is 0 Å². The van der Waals surface area contributed by atoms with Crippen molar-refractivity contribution in [2.75, 3.05) is 0 Å². The second-order valence-electron chi connectivity index (χ2n) is 3.27. The number of aromatic nitrogens is 1. The van der Waals surface area contributed by atoms with Crippen LogP contribution in [0.3, 0.4) is 0 Å².